The summed E-state index contributed by atoms with van der Waals surface area (Å²) in [5.74, 6) is 3.73. The van der Waals surface area contributed by atoms with Crippen molar-refractivity contribution in [3.05, 3.63) is 0 Å². The Labute approximate surface area is 172 Å². The second-order valence-electron chi connectivity index (χ2n) is 12.1. The van der Waals surface area contributed by atoms with Crippen molar-refractivity contribution >= 4 is 5.71 Å². The molecule has 0 aromatic heterocycles. The van der Waals surface area contributed by atoms with Crippen LogP contribution in [0, 0.1) is 39.9 Å². The van der Waals surface area contributed by atoms with E-state index >= 15 is 0 Å². The van der Waals surface area contributed by atoms with Gasteiger partial charge in [0.05, 0.1) is 5.71 Å². The average Bonchev–Trinajstić information content (AvgIpc) is 3.29. The summed E-state index contributed by atoms with van der Waals surface area (Å²) in [6.07, 6.45) is 14.2. The molecule has 1 unspecified atom stereocenters. The van der Waals surface area contributed by atoms with Gasteiger partial charge in [-0.2, -0.15) is 0 Å². The highest BCUT2D eigenvalue weighted by molar-refractivity contribution is 5.90. The Bertz CT molecular complexity index is 636. The summed E-state index contributed by atoms with van der Waals surface area (Å²) >= 11 is 0. The molecule has 4 aliphatic carbocycles. The van der Waals surface area contributed by atoms with Gasteiger partial charge >= 0.3 is 0 Å². The molecule has 5 rings (SSSR count). The quantitative estimate of drug-likeness (QED) is 0.609. The third-order valence-electron chi connectivity index (χ3n) is 10.5. The highest BCUT2D eigenvalue weighted by atomic mass is 16.6. The molecule has 28 heavy (non-hydrogen) atoms. The monoisotopic (exact) mass is 386 g/mol. The van der Waals surface area contributed by atoms with Crippen molar-refractivity contribution in [3.63, 3.8) is 0 Å². The first-order chi connectivity index (χ1) is 13.3. The van der Waals surface area contributed by atoms with E-state index in [1.807, 2.05) is 0 Å². The van der Waals surface area contributed by atoms with E-state index in [0.717, 1.165) is 49.6 Å². The molecule has 3 heteroatoms. The molecule has 0 radical (unpaired) electrons. The Balaban J connectivity index is 1.38. The molecule has 5 aliphatic rings. The lowest BCUT2D eigenvalue weighted by Crippen LogP contribution is -2.58. The van der Waals surface area contributed by atoms with Crippen LogP contribution in [0.1, 0.15) is 91.9 Å². The van der Waals surface area contributed by atoms with Crippen LogP contribution in [0.5, 0.6) is 0 Å². The highest BCUT2D eigenvalue weighted by Crippen LogP contribution is 2.68. The molecule has 1 N–H and O–H groups in total. The van der Waals surface area contributed by atoms with Crippen molar-refractivity contribution in [1.82, 2.24) is 5.32 Å². The van der Waals surface area contributed by atoms with Crippen LogP contribution in [0.3, 0.4) is 0 Å². The summed E-state index contributed by atoms with van der Waals surface area (Å²) in [7, 11) is 0. The molecule has 5 fully saturated rings. The van der Waals surface area contributed by atoms with Gasteiger partial charge < -0.3 is 10.2 Å². The molecule has 1 saturated heterocycles. The van der Waals surface area contributed by atoms with Gasteiger partial charge in [0, 0.05) is 18.4 Å². The molecule has 0 aromatic rings. The van der Waals surface area contributed by atoms with Gasteiger partial charge in [0.1, 0.15) is 6.10 Å². The van der Waals surface area contributed by atoms with E-state index in [4.69, 9.17) is 9.99 Å². The van der Waals surface area contributed by atoms with Crippen LogP contribution < -0.4 is 5.32 Å². The van der Waals surface area contributed by atoms with E-state index in [1.54, 1.807) is 0 Å². The summed E-state index contributed by atoms with van der Waals surface area (Å²) < 4.78 is 0. The SMILES string of the molecule is CC1(C)/C(=N/O[C@H]2CCNC2)CC[C@@]2(C)C1CC[C@H]1[C@@H]3CCC[C@@]3(C)CC[C@@H]12. The van der Waals surface area contributed by atoms with Gasteiger partial charge in [-0.25, -0.2) is 0 Å². The lowest BCUT2D eigenvalue weighted by Gasteiger charge is -2.63. The van der Waals surface area contributed by atoms with E-state index in [2.05, 4.69) is 33.0 Å². The Morgan fingerprint density at radius 2 is 1.79 bits per heavy atom. The number of oxime groups is 1. The minimum Gasteiger partial charge on any atom is -0.391 e. The van der Waals surface area contributed by atoms with Crippen LogP contribution in [0.25, 0.3) is 0 Å². The maximum Gasteiger partial charge on any atom is 0.141 e. The Kier molecular flexibility index (Phi) is 4.66. The molecular formula is C25H42N2O. The van der Waals surface area contributed by atoms with Gasteiger partial charge in [-0.1, -0.05) is 39.3 Å². The predicted octanol–water partition coefficient (Wildman–Crippen LogP) is 5.79. The summed E-state index contributed by atoms with van der Waals surface area (Å²) in [5.41, 5.74) is 2.71. The first-order valence-corrected chi connectivity index (χ1v) is 12.3. The maximum atomic E-state index is 5.99. The maximum absolute atomic E-state index is 5.99. The fourth-order valence-corrected chi connectivity index (χ4v) is 8.92. The van der Waals surface area contributed by atoms with E-state index < -0.39 is 0 Å². The van der Waals surface area contributed by atoms with Gasteiger partial charge in [0.2, 0.25) is 0 Å². The van der Waals surface area contributed by atoms with Gasteiger partial charge in [0.25, 0.3) is 0 Å². The molecular weight excluding hydrogens is 344 g/mol. The first-order valence-electron chi connectivity index (χ1n) is 12.3. The van der Waals surface area contributed by atoms with Crippen molar-refractivity contribution in [2.75, 3.05) is 13.1 Å². The predicted molar refractivity (Wildman–Crippen MR) is 115 cm³/mol. The number of fused-ring (bicyclic) bond motifs is 5. The van der Waals surface area contributed by atoms with Crippen molar-refractivity contribution in [1.29, 1.82) is 0 Å². The minimum atomic E-state index is 0.181. The van der Waals surface area contributed by atoms with Gasteiger partial charge in [0.15, 0.2) is 0 Å². The summed E-state index contributed by atoms with van der Waals surface area (Å²) in [5, 5.41) is 8.18. The average molecular weight is 387 g/mol. The van der Waals surface area contributed by atoms with Gasteiger partial charge in [-0.3, -0.25) is 0 Å². The number of nitrogens with one attached hydrogen (secondary N) is 1. The van der Waals surface area contributed by atoms with E-state index in [-0.39, 0.29) is 11.5 Å². The Morgan fingerprint density at radius 1 is 0.929 bits per heavy atom. The molecule has 0 bridgehead atoms. The zero-order valence-corrected chi connectivity index (χ0v) is 18.7. The zero-order valence-electron chi connectivity index (χ0n) is 18.7. The van der Waals surface area contributed by atoms with Crippen LogP contribution in [0.2, 0.25) is 0 Å². The molecule has 1 heterocycles. The molecule has 0 amide bonds. The highest BCUT2D eigenvalue weighted by Gasteiger charge is 2.61. The van der Waals surface area contributed by atoms with Crippen molar-refractivity contribution in [2.45, 2.75) is 98.0 Å². The smallest absolute Gasteiger partial charge is 0.141 e. The third-order valence-corrected chi connectivity index (χ3v) is 10.5. The number of hydrogen-bond acceptors (Lipinski definition) is 3. The van der Waals surface area contributed by atoms with Crippen molar-refractivity contribution in [2.24, 2.45) is 45.1 Å². The van der Waals surface area contributed by atoms with Crippen LogP contribution in [-0.2, 0) is 4.84 Å². The standard InChI is InChI=1S/C25H42N2O/c1-23(2)21-8-7-18-19-6-5-12-24(19,3)13-9-20(18)25(21,4)14-10-22(23)27-28-17-11-15-26-16-17/h17-21,26H,5-16H2,1-4H3/b27-22+/t17-,18-,19-,20-,21?,24-,25+/m0/s1. The second-order valence-corrected chi connectivity index (χ2v) is 12.1. The van der Waals surface area contributed by atoms with E-state index in [9.17, 15) is 0 Å². The van der Waals surface area contributed by atoms with Crippen LogP contribution in [-0.4, -0.2) is 24.9 Å². The first kappa shape index (κ1) is 19.4. The number of hydrogen-bond donors (Lipinski definition) is 1. The summed E-state index contributed by atoms with van der Waals surface area (Å²) in [6.45, 7) is 12.3. The van der Waals surface area contributed by atoms with Crippen LogP contribution in [0.15, 0.2) is 5.16 Å². The fourth-order valence-electron chi connectivity index (χ4n) is 8.92. The zero-order chi connectivity index (χ0) is 19.6. The van der Waals surface area contributed by atoms with E-state index in [0.29, 0.717) is 10.8 Å². The van der Waals surface area contributed by atoms with Gasteiger partial charge in [-0.05, 0) is 92.4 Å². The topological polar surface area (TPSA) is 33.6 Å². The number of rotatable bonds is 2. The normalized spacial score (nSPS) is 51.4. The summed E-state index contributed by atoms with van der Waals surface area (Å²) in [6, 6.07) is 0. The van der Waals surface area contributed by atoms with Gasteiger partial charge in [-0.15, -0.1) is 0 Å². The molecule has 3 nitrogen and oxygen atoms in total. The van der Waals surface area contributed by atoms with Crippen molar-refractivity contribution < 1.29 is 4.84 Å². The summed E-state index contributed by atoms with van der Waals surface area (Å²) in [4.78, 5) is 5.99. The van der Waals surface area contributed by atoms with Crippen LogP contribution in [0.4, 0.5) is 0 Å². The fraction of sp³-hybridized carbons (Fsp3) is 0.960. The molecule has 4 saturated carbocycles. The second kappa shape index (κ2) is 6.72. The Morgan fingerprint density at radius 3 is 2.57 bits per heavy atom. The lowest BCUT2D eigenvalue weighted by atomic mass is 9.41. The van der Waals surface area contributed by atoms with Crippen LogP contribution >= 0.6 is 0 Å². The molecule has 0 spiro atoms. The Hall–Kier alpha value is -0.570. The largest absolute Gasteiger partial charge is 0.391 e. The minimum absolute atomic E-state index is 0.181. The number of nitrogens with zero attached hydrogens (tertiary/aromatic N) is 1. The molecule has 1 aliphatic heterocycles. The lowest BCUT2D eigenvalue weighted by molar-refractivity contribution is -0.117. The molecule has 0 aromatic carbocycles. The van der Waals surface area contributed by atoms with E-state index in [1.165, 1.54) is 57.1 Å². The molecule has 158 valence electrons. The molecule has 7 atom stereocenters. The third kappa shape index (κ3) is 2.81. The van der Waals surface area contributed by atoms with Crippen molar-refractivity contribution in [3.8, 4) is 0 Å².